The first kappa shape index (κ1) is 25.2. The van der Waals surface area contributed by atoms with Gasteiger partial charge in [-0.15, -0.1) is 5.10 Å². The average Bonchev–Trinajstić information content (AvgIpc) is 3.26. The predicted molar refractivity (Wildman–Crippen MR) is 127 cm³/mol. The fourth-order valence-corrected chi connectivity index (χ4v) is 3.89. The molecule has 34 heavy (non-hydrogen) atoms. The lowest BCUT2D eigenvalue weighted by molar-refractivity contribution is -0.116. The molecule has 0 unspecified atom stereocenters. The third-order valence-corrected chi connectivity index (χ3v) is 5.60. The third-order valence-electron chi connectivity index (χ3n) is 4.77. The lowest BCUT2D eigenvalue weighted by atomic mass is 10.2. The first-order valence-electron chi connectivity index (χ1n) is 10.4. The summed E-state index contributed by atoms with van der Waals surface area (Å²) in [5, 5.41) is 6.90. The monoisotopic (exact) mass is 491 g/mol. The van der Waals surface area contributed by atoms with Crippen molar-refractivity contribution in [1.29, 1.82) is 0 Å². The van der Waals surface area contributed by atoms with Gasteiger partial charge in [0.15, 0.2) is 11.5 Å². The molecule has 4 N–H and O–H groups in total. The van der Waals surface area contributed by atoms with E-state index in [1.54, 1.807) is 18.2 Å². The van der Waals surface area contributed by atoms with Crippen LogP contribution in [0.4, 0.5) is 15.9 Å². The molecule has 2 heterocycles. The number of nitrogens with one attached hydrogen (secondary N) is 2. The summed E-state index contributed by atoms with van der Waals surface area (Å²) in [4.78, 5) is 45.6. The number of methoxy groups -OCH3 is 1. The van der Waals surface area contributed by atoms with E-state index in [0.29, 0.717) is 0 Å². The van der Waals surface area contributed by atoms with Gasteiger partial charge in [0.05, 0.1) is 17.9 Å². The van der Waals surface area contributed by atoms with Crippen LogP contribution < -0.4 is 21.9 Å². The molecule has 1 aromatic carbocycles. The van der Waals surface area contributed by atoms with Crippen LogP contribution in [-0.4, -0.2) is 56.7 Å². The molecule has 0 fully saturated rings. The largest absolute Gasteiger partial charge is 0.383 e. The fraction of sp³-hybridized carbons (Fsp3) is 0.381. The van der Waals surface area contributed by atoms with Gasteiger partial charge in [0.1, 0.15) is 11.6 Å². The lowest BCUT2D eigenvalue weighted by Crippen LogP contribution is -2.43. The van der Waals surface area contributed by atoms with Crippen LogP contribution in [0, 0.1) is 11.7 Å². The molecule has 0 aliphatic heterocycles. The van der Waals surface area contributed by atoms with Gasteiger partial charge in [-0.2, -0.15) is 0 Å². The maximum absolute atomic E-state index is 14.0. The minimum absolute atomic E-state index is 0.0392. The number of aromatic nitrogens is 5. The highest BCUT2D eigenvalue weighted by atomic mass is 32.2. The Morgan fingerprint density at radius 1 is 1.32 bits per heavy atom. The number of carbonyl (C=O) groups is 1. The Morgan fingerprint density at radius 3 is 2.74 bits per heavy atom. The number of nitrogens with two attached hydrogens (primary N) is 1. The van der Waals surface area contributed by atoms with E-state index in [1.165, 1.54) is 22.6 Å². The first-order chi connectivity index (χ1) is 16.2. The summed E-state index contributed by atoms with van der Waals surface area (Å²) in [5.41, 5.74) is 4.89. The van der Waals surface area contributed by atoms with Gasteiger partial charge in [-0.3, -0.25) is 24.2 Å². The summed E-state index contributed by atoms with van der Waals surface area (Å²) in [6.07, 6.45) is 0. The highest BCUT2D eigenvalue weighted by molar-refractivity contribution is 7.99. The molecule has 0 saturated heterocycles. The highest BCUT2D eigenvalue weighted by Crippen LogP contribution is 2.23. The van der Waals surface area contributed by atoms with Crippen LogP contribution in [0.1, 0.15) is 13.8 Å². The average molecular weight is 492 g/mol. The molecular formula is C21H26FN7O4S. The van der Waals surface area contributed by atoms with Gasteiger partial charge in [0.2, 0.25) is 11.1 Å². The standard InChI is InChI=1S/C21H26FN7O4S/c1-12(2)10-29-17(23)16(19(31)25-21(29)32)28(8-9-33-3)15(30)11-34-20-24-18(26-27-20)13-6-4-5-7-14(13)22/h4-7,12H,8-11,23H2,1-3H3,(H,24,26,27)(H,25,31,32). The zero-order chi connectivity index (χ0) is 24.8. The molecule has 3 rings (SSSR count). The Morgan fingerprint density at radius 2 is 2.06 bits per heavy atom. The zero-order valence-electron chi connectivity index (χ0n) is 19.0. The molecule has 0 bridgehead atoms. The number of aromatic amines is 2. The van der Waals surface area contributed by atoms with Crippen LogP contribution in [0.3, 0.4) is 0 Å². The number of anilines is 2. The summed E-state index contributed by atoms with van der Waals surface area (Å²) in [6.45, 7) is 4.24. The minimum atomic E-state index is -0.767. The molecule has 0 atom stereocenters. The molecule has 0 spiro atoms. The number of rotatable bonds is 10. The number of carbonyl (C=O) groups excluding carboxylic acids is 1. The number of halogens is 1. The van der Waals surface area contributed by atoms with Crippen molar-refractivity contribution in [3.63, 3.8) is 0 Å². The first-order valence-corrected chi connectivity index (χ1v) is 11.4. The van der Waals surface area contributed by atoms with Gasteiger partial charge in [0.25, 0.3) is 5.56 Å². The molecule has 1 amide bonds. The second-order valence-electron chi connectivity index (χ2n) is 7.77. The molecule has 0 aliphatic carbocycles. The van der Waals surface area contributed by atoms with Gasteiger partial charge in [-0.25, -0.2) is 14.2 Å². The Kier molecular flexibility index (Phi) is 8.23. The van der Waals surface area contributed by atoms with Crippen molar-refractivity contribution in [2.45, 2.75) is 25.5 Å². The number of benzene rings is 1. The summed E-state index contributed by atoms with van der Waals surface area (Å²) >= 11 is 1.01. The molecular weight excluding hydrogens is 465 g/mol. The van der Waals surface area contributed by atoms with Crippen molar-refractivity contribution in [2.75, 3.05) is 36.6 Å². The van der Waals surface area contributed by atoms with Gasteiger partial charge in [-0.1, -0.05) is 37.7 Å². The Labute approximate surface area is 198 Å². The summed E-state index contributed by atoms with van der Waals surface area (Å²) in [5.74, 6) is -0.857. The van der Waals surface area contributed by atoms with Crippen LogP contribution in [0.25, 0.3) is 11.4 Å². The van der Waals surface area contributed by atoms with Crippen molar-refractivity contribution in [3.8, 4) is 11.4 Å². The van der Waals surface area contributed by atoms with Crippen LogP contribution in [0.2, 0.25) is 0 Å². The van der Waals surface area contributed by atoms with Crippen molar-refractivity contribution in [1.82, 2.24) is 24.7 Å². The number of hydrogen-bond acceptors (Lipinski definition) is 8. The van der Waals surface area contributed by atoms with Crippen LogP contribution in [0.5, 0.6) is 0 Å². The third kappa shape index (κ3) is 5.72. The van der Waals surface area contributed by atoms with E-state index in [2.05, 4.69) is 20.2 Å². The number of amides is 1. The van der Waals surface area contributed by atoms with Gasteiger partial charge < -0.3 is 15.4 Å². The Bertz CT molecular complexity index is 1270. The number of H-pyrrole nitrogens is 2. The smallest absolute Gasteiger partial charge is 0.330 e. The number of thioether (sulfide) groups is 1. The predicted octanol–water partition coefficient (Wildman–Crippen LogP) is 1.47. The van der Waals surface area contributed by atoms with Gasteiger partial charge >= 0.3 is 5.69 Å². The number of ether oxygens (including phenoxy) is 1. The lowest BCUT2D eigenvalue weighted by Gasteiger charge is -2.24. The molecule has 0 radical (unpaired) electrons. The van der Waals surface area contributed by atoms with Crippen molar-refractivity contribution in [3.05, 3.63) is 50.9 Å². The number of hydrogen-bond donors (Lipinski definition) is 3. The van der Waals surface area contributed by atoms with Crippen molar-refractivity contribution >= 4 is 29.2 Å². The quantitative estimate of drug-likeness (QED) is 0.361. The SMILES string of the molecule is COCCN(C(=O)CSc1n[nH]c(-c2ccccc2F)n1)c1c(N)n(CC(C)C)c(=O)[nH]c1=O. The van der Waals surface area contributed by atoms with E-state index in [4.69, 9.17) is 10.5 Å². The highest BCUT2D eigenvalue weighted by Gasteiger charge is 2.25. The maximum atomic E-state index is 14.0. The van der Waals surface area contributed by atoms with E-state index in [1.807, 2.05) is 13.8 Å². The van der Waals surface area contributed by atoms with Gasteiger partial charge in [-0.05, 0) is 18.1 Å². The molecule has 2 aromatic heterocycles. The minimum Gasteiger partial charge on any atom is -0.383 e. The summed E-state index contributed by atoms with van der Waals surface area (Å²) < 4.78 is 20.3. The number of nitrogens with zero attached hydrogens (tertiary/aromatic N) is 4. The molecule has 11 nitrogen and oxygen atoms in total. The summed E-state index contributed by atoms with van der Waals surface area (Å²) in [6, 6.07) is 6.10. The second kappa shape index (κ2) is 11.1. The Hall–Kier alpha value is -3.45. The van der Waals surface area contributed by atoms with E-state index < -0.39 is 23.0 Å². The Balaban J connectivity index is 1.84. The molecule has 182 valence electrons. The van der Waals surface area contributed by atoms with E-state index in [9.17, 15) is 18.8 Å². The van der Waals surface area contributed by atoms with Crippen LogP contribution in [0.15, 0.2) is 39.0 Å². The zero-order valence-corrected chi connectivity index (χ0v) is 19.8. The number of nitrogen functional groups attached to an aromatic ring is 1. The second-order valence-corrected chi connectivity index (χ2v) is 8.71. The molecule has 3 aromatic rings. The topological polar surface area (TPSA) is 152 Å². The van der Waals surface area contributed by atoms with E-state index in [0.717, 1.165) is 11.8 Å². The molecule has 13 heteroatoms. The van der Waals surface area contributed by atoms with Crippen LogP contribution >= 0.6 is 11.8 Å². The fourth-order valence-electron chi connectivity index (χ4n) is 3.22. The maximum Gasteiger partial charge on any atom is 0.330 e. The van der Waals surface area contributed by atoms with Crippen molar-refractivity contribution in [2.24, 2.45) is 5.92 Å². The molecule has 0 saturated carbocycles. The van der Waals surface area contributed by atoms with E-state index in [-0.39, 0.29) is 59.4 Å². The van der Waals surface area contributed by atoms with Crippen molar-refractivity contribution < 1.29 is 13.9 Å². The molecule has 0 aliphatic rings. The van der Waals surface area contributed by atoms with Crippen LogP contribution in [-0.2, 0) is 16.1 Å². The van der Waals surface area contributed by atoms with Gasteiger partial charge in [0, 0.05) is 20.2 Å². The van der Waals surface area contributed by atoms with E-state index >= 15 is 0 Å². The summed E-state index contributed by atoms with van der Waals surface area (Å²) in [7, 11) is 1.46. The normalized spacial score (nSPS) is 11.2.